The molecule has 0 unspecified atom stereocenters. The van der Waals surface area contributed by atoms with E-state index in [1.165, 1.54) is 18.3 Å². The zero-order chi connectivity index (χ0) is 20.6. The van der Waals surface area contributed by atoms with E-state index < -0.39 is 5.41 Å². The molecule has 0 bridgehead atoms. The molecule has 150 valence electrons. The van der Waals surface area contributed by atoms with Gasteiger partial charge in [0.05, 0.1) is 22.7 Å². The second-order valence-electron chi connectivity index (χ2n) is 8.54. The topological polar surface area (TPSA) is 70.1 Å². The molecule has 0 radical (unpaired) electrons. The minimum Gasteiger partial charge on any atom is -0.342 e. The molecule has 5 nitrogen and oxygen atoms in total. The quantitative estimate of drug-likeness (QED) is 0.496. The molecule has 1 saturated carbocycles. The molecule has 2 atom stereocenters. The number of amides is 1. The Labute approximate surface area is 169 Å². The number of fused-ring (bicyclic) bond motifs is 1. The maximum Gasteiger partial charge on any atom is 0.246 e. The van der Waals surface area contributed by atoms with Crippen LogP contribution in [0.4, 0.5) is 4.39 Å². The van der Waals surface area contributed by atoms with Crippen LogP contribution in [-0.4, -0.2) is 22.1 Å². The molecule has 1 heterocycles. The highest BCUT2D eigenvalue weighted by atomic mass is 19.1. The third-order valence-electron chi connectivity index (χ3n) is 6.69. The second kappa shape index (κ2) is 7.10. The molecular weight excluding hydrogens is 367 g/mol. The van der Waals surface area contributed by atoms with Gasteiger partial charge in [-0.15, -0.1) is 0 Å². The number of nitrogens with zero attached hydrogens (tertiary/aromatic N) is 2. The lowest BCUT2D eigenvalue weighted by Crippen LogP contribution is -2.45. The molecule has 3 aromatic rings. The largest absolute Gasteiger partial charge is 0.342 e. The van der Waals surface area contributed by atoms with Gasteiger partial charge >= 0.3 is 0 Å². The molecular formula is C23H25FN4O. The van der Waals surface area contributed by atoms with Gasteiger partial charge < -0.3 is 4.98 Å². The van der Waals surface area contributed by atoms with E-state index in [1.54, 1.807) is 12.1 Å². The third-order valence-corrected chi connectivity index (χ3v) is 6.69. The SMILES string of the molecule is CC1(C)[C@H](c2nc3ccccc3[nH]2)CC[C@]1(C)C(=O)N/N=C\c1cccc(F)c1. The van der Waals surface area contributed by atoms with Crippen LogP contribution in [-0.2, 0) is 4.79 Å². The summed E-state index contributed by atoms with van der Waals surface area (Å²) in [7, 11) is 0. The number of aromatic amines is 1. The molecule has 0 aliphatic heterocycles. The van der Waals surface area contributed by atoms with Crippen LogP contribution in [0, 0.1) is 16.6 Å². The first-order valence-corrected chi connectivity index (χ1v) is 9.85. The monoisotopic (exact) mass is 392 g/mol. The molecule has 6 heteroatoms. The van der Waals surface area contributed by atoms with E-state index in [1.807, 2.05) is 31.2 Å². The lowest BCUT2D eigenvalue weighted by molar-refractivity contribution is -0.135. The summed E-state index contributed by atoms with van der Waals surface area (Å²) >= 11 is 0. The number of nitrogens with one attached hydrogen (secondary N) is 2. The number of hydrogen-bond acceptors (Lipinski definition) is 3. The van der Waals surface area contributed by atoms with E-state index in [9.17, 15) is 9.18 Å². The van der Waals surface area contributed by atoms with Crippen LogP contribution in [0.3, 0.4) is 0 Å². The number of rotatable bonds is 4. The fraction of sp³-hybridized carbons (Fsp3) is 0.348. The Hall–Kier alpha value is -3.02. The number of H-pyrrole nitrogens is 1. The summed E-state index contributed by atoms with van der Waals surface area (Å²) in [5.41, 5.74) is 4.29. The Bertz CT molecular complexity index is 1050. The Morgan fingerprint density at radius 3 is 2.79 bits per heavy atom. The van der Waals surface area contributed by atoms with Crippen molar-refractivity contribution >= 4 is 23.2 Å². The van der Waals surface area contributed by atoms with E-state index >= 15 is 0 Å². The van der Waals surface area contributed by atoms with Crippen molar-refractivity contribution in [3.63, 3.8) is 0 Å². The van der Waals surface area contributed by atoms with E-state index in [2.05, 4.69) is 29.4 Å². The van der Waals surface area contributed by atoms with Gasteiger partial charge in [0.15, 0.2) is 0 Å². The fourth-order valence-electron chi connectivity index (χ4n) is 4.40. The summed E-state index contributed by atoms with van der Waals surface area (Å²) in [6.07, 6.45) is 3.07. The van der Waals surface area contributed by atoms with Crippen LogP contribution < -0.4 is 5.43 Å². The molecule has 0 saturated heterocycles. The predicted molar refractivity (Wildman–Crippen MR) is 112 cm³/mol. The standard InChI is InChI=1S/C23H25FN4O/c1-22(2)17(20-26-18-9-4-5-10-19(18)27-20)11-12-23(22,3)21(29)28-25-14-15-7-6-8-16(24)13-15/h4-10,13-14,17H,11-12H2,1-3H3,(H,26,27)(H,28,29)/b25-14-/t17-,23+/m0/s1. The summed E-state index contributed by atoms with van der Waals surface area (Å²) in [6.45, 7) is 6.23. The molecule has 1 aliphatic carbocycles. The maximum atomic E-state index is 13.3. The molecule has 1 fully saturated rings. The van der Waals surface area contributed by atoms with E-state index in [4.69, 9.17) is 4.98 Å². The highest BCUT2D eigenvalue weighted by molar-refractivity contribution is 5.86. The number of hydrazone groups is 1. The van der Waals surface area contributed by atoms with Crippen molar-refractivity contribution in [1.29, 1.82) is 0 Å². The Kier molecular flexibility index (Phi) is 4.73. The number of imidazole rings is 1. The van der Waals surface area contributed by atoms with Gasteiger partial charge in [-0.25, -0.2) is 14.8 Å². The minimum absolute atomic E-state index is 0.131. The smallest absolute Gasteiger partial charge is 0.246 e. The van der Waals surface area contributed by atoms with Crippen molar-refractivity contribution in [2.45, 2.75) is 39.5 Å². The average Bonchev–Trinajstić information content (AvgIpc) is 3.20. The Morgan fingerprint density at radius 2 is 2.03 bits per heavy atom. The van der Waals surface area contributed by atoms with Crippen molar-refractivity contribution in [3.8, 4) is 0 Å². The lowest BCUT2D eigenvalue weighted by atomic mass is 9.65. The predicted octanol–water partition coefficient (Wildman–Crippen LogP) is 4.76. The molecule has 1 aromatic heterocycles. The van der Waals surface area contributed by atoms with Gasteiger partial charge in [-0.3, -0.25) is 4.79 Å². The molecule has 2 aromatic carbocycles. The van der Waals surface area contributed by atoms with Crippen LogP contribution >= 0.6 is 0 Å². The van der Waals surface area contributed by atoms with E-state index in [0.29, 0.717) is 5.56 Å². The summed E-state index contributed by atoms with van der Waals surface area (Å²) < 4.78 is 13.3. The maximum absolute atomic E-state index is 13.3. The van der Waals surface area contributed by atoms with Gasteiger partial charge in [0.25, 0.3) is 0 Å². The van der Waals surface area contributed by atoms with Gasteiger partial charge in [-0.2, -0.15) is 5.10 Å². The van der Waals surface area contributed by atoms with Crippen LogP contribution in [0.5, 0.6) is 0 Å². The molecule has 0 spiro atoms. The summed E-state index contributed by atoms with van der Waals surface area (Å²) in [5.74, 6) is 0.598. The highest BCUT2D eigenvalue weighted by Gasteiger charge is 2.57. The lowest BCUT2D eigenvalue weighted by Gasteiger charge is -2.39. The molecule has 1 aliphatic rings. The molecule has 4 rings (SSSR count). The van der Waals surface area contributed by atoms with Crippen molar-refractivity contribution < 1.29 is 9.18 Å². The summed E-state index contributed by atoms with van der Waals surface area (Å²) in [5, 5.41) is 4.06. The zero-order valence-electron chi connectivity index (χ0n) is 16.9. The number of aromatic nitrogens is 2. The number of halogens is 1. The Balaban J connectivity index is 1.53. The van der Waals surface area contributed by atoms with Crippen LogP contribution in [0.1, 0.15) is 50.9 Å². The van der Waals surface area contributed by atoms with Crippen LogP contribution in [0.2, 0.25) is 0 Å². The molecule has 2 N–H and O–H groups in total. The average molecular weight is 392 g/mol. The van der Waals surface area contributed by atoms with Crippen molar-refractivity contribution in [1.82, 2.24) is 15.4 Å². The van der Waals surface area contributed by atoms with Gasteiger partial charge in [0.1, 0.15) is 11.6 Å². The van der Waals surface area contributed by atoms with Gasteiger partial charge in [0, 0.05) is 5.92 Å². The first kappa shape index (κ1) is 19.3. The number of benzene rings is 2. The van der Waals surface area contributed by atoms with Crippen molar-refractivity contribution in [2.24, 2.45) is 15.9 Å². The normalized spacial score (nSPS) is 23.7. The van der Waals surface area contributed by atoms with E-state index in [-0.39, 0.29) is 23.1 Å². The number of para-hydroxylation sites is 2. The first-order chi connectivity index (χ1) is 13.8. The highest BCUT2D eigenvalue weighted by Crippen LogP contribution is 2.59. The van der Waals surface area contributed by atoms with Gasteiger partial charge in [0.2, 0.25) is 5.91 Å². The number of carbonyl (C=O) groups is 1. The first-order valence-electron chi connectivity index (χ1n) is 9.85. The second-order valence-corrected chi connectivity index (χ2v) is 8.54. The van der Waals surface area contributed by atoms with Gasteiger partial charge in [-0.05, 0) is 48.1 Å². The summed E-state index contributed by atoms with van der Waals surface area (Å²) in [6, 6.07) is 14.0. The zero-order valence-corrected chi connectivity index (χ0v) is 16.9. The van der Waals surface area contributed by atoms with Crippen LogP contribution in [0.15, 0.2) is 53.6 Å². The van der Waals surface area contributed by atoms with Crippen molar-refractivity contribution in [2.75, 3.05) is 0 Å². The fourth-order valence-corrected chi connectivity index (χ4v) is 4.40. The van der Waals surface area contributed by atoms with Crippen molar-refractivity contribution in [3.05, 3.63) is 65.7 Å². The summed E-state index contributed by atoms with van der Waals surface area (Å²) in [4.78, 5) is 21.3. The van der Waals surface area contributed by atoms with Gasteiger partial charge in [-0.1, -0.05) is 45.0 Å². The Morgan fingerprint density at radius 1 is 1.24 bits per heavy atom. The van der Waals surface area contributed by atoms with Crippen LogP contribution in [0.25, 0.3) is 11.0 Å². The molecule has 29 heavy (non-hydrogen) atoms. The third kappa shape index (κ3) is 3.33. The van der Waals surface area contributed by atoms with E-state index in [0.717, 1.165) is 29.7 Å². The minimum atomic E-state index is -0.601. The molecule has 1 amide bonds. The number of carbonyl (C=O) groups excluding carboxylic acids is 1. The number of hydrogen-bond donors (Lipinski definition) is 2.